The fraction of sp³-hybridized carbons (Fsp3) is 0.429. The minimum absolute atomic E-state index is 0.100. The molecule has 4 rings (SSSR count). The molecular formula is C21H25ClN4O3S2. The molecule has 10 heteroatoms. The molecule has 0 saturated carbocycles. The average molecular weight is 481 g/mol. The Morgan fingerprint density at radius 2 is 1.87 bits per heavy atom. The maximum absolute atomic E-state index is 12.7. The first-order valence-electron chi connectivity index (χ1n) is 10.3. The van der Waals surface area contributed by atoms with Gasteiger partial charge >= 0.3 is 0 Å². The monoisotopic (exact) mass is 480 g/mol. The van der Waals surface area contributed by atoms with Crippen LogP contribution in [0.25, 0.3) is 0 Å². The van der Waals surface area contributed by atoms with Crippen molar-refractivity contribution in [2.75, 3.05) is 47.9 Å². The van der Waals surface area contributed by atoms with E-state index in [2.05, 4.69) is 15.2 Å². The van der Waals surface area contributed by atoms with E-state index < -0.39 is 10.0 Å². The van der Waals surface area contributed by atoms with Crippen molar-refractivity contribution in [2.24, 2.45) is 5.92 Å². The third kappa shape index (κ3) is 5.16. The van der Waals surface area contributed by atoms with Crippen LogP contribution in [0.5, 0.6) is 0 Å². The van der Waals surface area contributed by atoms with Crippen LogP contribution >= 0.6 is 23.4 Å². The van der Waals surface area contributed by atoms with Gasteiger partial charge in [-0.2, -0.15) is 16.1 Å². The lowest BCUT2D eigenvalue weighted by Gasteiger charge is -2.31. The molecule has 3 heterocycles. The SMILES string of the molecule is O=C(Nc1ccc(N2CCSCC2)c(Cl)c1)C1CCN(S(=O)(=O)c2cccnc2)CC1. The summed E-state index contributed by atoms with van der Waals surface area (Å²) in [6.07, 6.45) is 3.84. The van der Waals surface area contributed by atoms with E-state index in [1.165, 1.54) is 16.6 Å². The number of hydrogen-bond acceptors (Lipinski definition) is 6. The van der Waals surface area contributed by atoms with Crippen molar-refractivity contribution < 1.29 is 13.2 Å². The number of nitrogens with one attached hydrogen (secondary N) is 1. The second-order valence-electron chi connectivity index (χ2n) is 7.62. The molecule has 1 aromatic carbocycles. The molecule has 2 aliphatic rings. The Morgan fingerprint density at radius 3 is 2.52 bits per heavy atom. The Bertz CT molecular complexity index is 1020. The highest BCUT2D eigenvalue weighted by molar-refractivity contribution is 7.99. The number of nitrogens with zero attached hydrogens (tertiary/aromatic N) is 3. The van der Waals surface area contributed by atoms with Crippen LogP contribution in [0.2, 0.25) is 5.02 Å². The second kappa shape index (κ2) is 9.77. The molecule has 1 N–H and O–H groups in total. The second-order valence-corrected chi connectivity index (χ2v) is 11.2. The van der Waals surface area contributed by atoms with E-state index in [1.54, 1.807) is 18.3 Å². The molecule has 31 heavy (non-hydrogen) atoms. The van der Waals surface area contributed by atoms with Crippen LogP contribution in [0.3, 0.4) is 0 Å². The number of benzene rings is 1. The number of amides is 1. The molecule has 166 valence electrons. The van der Waals surface area contributed by atoms with Crippen molar-refractivity contribution in [1.29, 1.82) is 0 Å². The lowest BCUT2D eigenvalue weighted by molar-refractivity contribution is -0.120. The Morgan fingerprint density at radius 1 is 1.13 bits per heavy atom. The van der Waals surface area contributed by atoms with Gasteiger partial charge < -0.3 is 10.2 Å². The lowest BCUT2D eigenvalue weighted by atomic mass is 9.97. The number of carbonyl (C=O) groups is 1. The largest absolute Gasteiger partial charge is 0.369 e. The molecule has 7 nitrogen and oxygen atoms in total. The number of pyridine rings is 1. The molecule has 0 bridgehead atoms. The number of sulfonamides is 1. The third-order valence-corrected chi connectivity index (χ3v) is 8.79. The molecule has 2 aromatic rings. The van der Waals surface area contributed by atoms with Gasteiger partial charge in [-0.15, -0.1) is 0 Å². The first-order valence-corrected chi connectivity index (χ1v) is 13.3. The maximum atomic E-state index is 12.7. The third-order valence-electron chi connectivity index (χ3n) is 5.66. The van der Waals surface area contributed by atoms with Crippen molar-refractivity contribution in [3.05, 3.63) is 47.7 Å². The molecule has 2 saturated heterocycles. The van der Waals surface area contributed by atoms with Gasteiger partial charge in [0.15, 0.2) is 0 Å². The summed E-state index contributed by atoms with van der Waals surface area (Å²) in [6.45, 7) is 2.55. The molecule has 0 spiro atoms. The number of aromatic nitrogens is 1. The number of carbonyl (C=O) groups excluding carboxylic acids is 1. The number of anilines is 2. The summed E-state index contributed by atoms with van der Waals surface area (Å²) < 4.78 is 26.9. The van der Waals surface area contributed by atoms with E-state index in [1.807, 2.05) is 23.9 Å². The highest BCUT2D eigenvalue weighted by atomic mass is 35.5. The minimum Gasteiger partial charge on any atom is -0.369 e. The fourth-order valence-corrected chi connectivity index (χ4v) is 6.53. The molecule has 1 amide bonds. The van der Waals surface area contributed by atoms with Crippen molar-refractivity contribution in [3.8, 4) is 0 Å². The summed E-state index contributed by atoms with van der Waals surface area (Å²) in [6, 6.07) is 8.77. The van der Waals surface area contributed by atoms with Gasteiger partial charge in [0.2, 0.25) is 15.9 Å². The average Bonchev–Trinajstić information content (AvgIpc) is 2.80. The molecule has 0 unspecified atom stereocenters. The topological polar surface area (TPSA) is 82.6 Å². The zero-order valence-corrected chi connectivity index (χ0v) is 19.4. The molecule has 2 aliphatic heterocycles. The first kappa shape index (κ1) is 22.4. The number of rotatable bonds is 5. The van der Waals surface area contributed by atoms with Crippen LogP contribution in [0.4, 0.5) is 11.4 Å². The van der Waals surface area contributed by atoms with Crippen LogP contribution in [-0.2, 0) is 14.8 Å². The van der Waals surface area contributed by atoms with Gasteiger partial charge in [-0.1, -0.05) is 11.6 Å². The van der Waals surface area contributed by atoms with Crippen molar-refractivity contribution >= 4 is 50.7 Å². The highest BCUT2D eigenvalue weighted by Gasteiger charge is 2.32. The number of piperidine rings is 1. The van der Waals surface area contributed by atoms with Crippen LogP contribution in [0.15, 0.2) is 47.6 Å². The van der Waals surface area contributed by atoms with Gasteiger partial charge in [0.05, 0.1) is 10.7 Å². The quantitative estimate of drug-likeness (QED) is 0.706. The van der Waals surface area contributed by atoms with E-state index in [-0.39, 0.29) is 16.7 Å². The molecule has 0 atom stereocenters. The zero-order valence-electron chi connectivity index (χ0n) is 17.0. The van der Waals surface area contributed by atoms with Gasteiger partial charge in [0.1, 0.15) is 4.90 Å². The standard InChI is InChI=1S/C21H25ClN4O3S2/c22-19-14-17(3-4-20(19)25-10-12-30-13-11-25)24-21(27)16-5-8-26(9-6-16)31(28,29)18-2-1-7-23-15-18/h1-4,7,14-16H,5-6,8-13H2,(H,24,27). The Kier molecular flexibility index (Phi) is 7.05. The van der Waals surface area contributed by atoms with Crippen LogP contribution < -0.4 is 10.2 Å². The lowest BCUT2D eigenvalue weighted by Crippen LogP contribution is -2.41. The summed E-state index contributed by atoms with van der Waals surface area (Å²) >= 11 is 8.42. The minimum atomic E-state index is -3.58. The molecule has 0 radical (unpaired) electrons. The van der Waals surface area contributed by atoms with Crippen LogP contribution in [0, 0.1) is 5.92 Å². The van der Waals surface area contributed by atoms with Crippen molar-refractivity contribution in [3.63, 3.8) is 0 Å². The number of halogens is 1. The van der Waals surface area contributed by atoms with E-state index >= 15 is 0 Å². The molecule has 0 aliphatic carbocycles. The van der Waals surface area contributed by atoms with Crippen LogP contribution in [0.1, 0.15) is 12.8 Å². The normalized spacial score (nSPS) is 18.7. The van der Waals surface area contributed by atoms with Crippen molar-refractivity contribution in [1.82, 2.24) is 9.29 Å². The smallest absolute Gasteiger partial charge is 0.244 e. The Hall–Kier alpha value is -1.81. The van der Waals surface area contributed by atoms with E-state index in [0.29, 0.717) is 36.6 Å². The summed E-state index contributed by atoms with van der Waals surface area (Å²) in [7, 11) is -3.58. The molecular weight excluding hydrogens is 456 g/mol. The van der Waals surface area contributed by atoms with E-state index in [9.17, 15) is 13.2 Å². The number of hydrogen-bond donors (Lipinski definition) is 1. The molecule has 2 fully saturated rings. The number of thioether (sulfide) groups is 1. The van der Waals surface area contributed by atoms with Gasteiger partial charge in [-0.25, -0.2) is 8.42 Å². The van der Waals surface area contributed by atoms with Gasteiger partial charge in [0.25, 0.3) is 0 Å². The highest BCUT2D eigenvalue weighted by Crippen LogP contribution is 2.31. The van der Waals surface area contributed by atoms with E-state index in [0.717, 1.165) is 30.3 Å². The predicted molar refractivity (Wildman–Crippen MR) is 125 cm³/mol. The van der Waals surface area contributed by atoms with Crippen molar-refractivity contribution in [2.45, 2.75) is 17.7 Å². The Balaban J connectivity index is 1.34. The van der Waals surface area contributed by atoms with Gasteiger partial charge in [-0.05, 0) is 43.2 Å². The first-order chi connectivity index (χ1) is 14.9. The van der Waals surface area contributed by atoms with Crippen LogP contribution in [-0.4, -0.2) is 61.3 Å². The zero-order chi connectivity index (χ0) is 21.8. The summed E-state index contributed by atoms with van der Waals surface area (Å²) in [5.41, 5.74) is 1.66. The summed E-state index contributed by atoms with van der Waals surface area (Å²) in [5, 5.41) is 3.57. The van der Waals surface area contributed by atoms with E-state index in [4.69, 9.17) is 11.6 Å². The Labute approximate surface area is 192 Å². The fourth-order valence-electron chi connectivity index (χ4n) is 3.90. The van der Waals surface area contributed by atoms with Gasteiger partial charge in [0, 0.05) is 61.7 Å². The molecule has 1 aromatic heterocycles. The summed E-state index contributed by atoms with van der Waals surface area (Å²) in [5.74, 6) is 1.84. The maximum Gasteiger partial charge on any atom is 0.244 e. The van der Waals surface area contributed by atoms with Gasteiger partial charge in [-0.3, -0.25) is 9.78 Å². The summed E-state index contributed by atoms with van der Waals surface area (Å²) in [4.78, 5) is 19.1. The predicted octanol–water partition coefficient (Wildman–Crippen LogP) is 3.33.